The average Bonchev–Trinajstić information content (AvgIpc) is 3.03. The van der Waals surface area contributed by atoms with Crippen molar-refractivity contribution in [2.45, 2.75) is 25.5 Å². The molecule has 1 N–H and O–H groups in total. The van der Waals surface area contributed by atoms with Crippen molar-refractivity contribution < 1.29 is 4.74 Å². The van der Waals surface area contributed by atoms with Crippen molar-refractivity contribution in [1.29, 1.82) is 0 Å². The summed E-state index contributed by atoms with van der Waals surface area (Å²) in [6, 6.07) is 10.5. The molecule has 1 aliphatic rings. The highest BCUT2D eigenvalue weighted by Gasteiger charge is 2.24. The third-order valence-electron chi connectivity index (χ3n) is 3.37. The highest BCUT2D eigenvalue weighted by Crippen LogP contribution is 2.24. The van der Waals surface area contributed by atoms with Crippen LogP contribution in [0, 0.1) is 0 Å². The van der Waals surface area contributed by atoms with Crippen LogP contribution in [0.2, 0.25) is 0 Å². The minimum Gasteiger partial charge on any atom is -0.378 e. The molecule has 4 nitrogen and oxygen atoms in total. The molecule has 1 aliphatic heterocycles. The first-order valence-corrected chi connectivity index (χ1v) is 6.32. The fraction of sp³-hybridized carbons (Fsp3) is 0.357. The third-order valence-corrected chi connectivity index (χ3v) is 3.37. The van der Waals surface area contributed by atoms with Crippen LogP contribution in [0.15, 0.2) is 42.7 Å². The summed E-state index contributed by atoms with van der Waals surface area (Å²) in [5.74, 6) is 0. The van der Waals surface area contributed by atoms with Crippen molar-refractivity contribution in [2.75, 3.05) is 11.9 Å². The molecule has 0 spiro atoms. The lowest BCUT2D eigenvalue weighted by atomic mass is 10.1. The number of hydrogen-bond donors (Lipinski definition) is 1. The molecule has 0 saturated carbocycles. The van der Waals surface area contributed by atoms with E-state index in [9.17, 15) is 0 Å². The molecule has 1 saturated heterocycles. The van der Waals surface area contributed by atoms with Crippen LogP contribution in [0.1, 0.15) is 13.3 Å². The molecular formula is C14H17N3O. The van der Waals surface area contributed by atoms with Crippen molar-refractivity contribution in [3.63, 3.8) is 0 Å². The van der Waals surface area contributed by atoms with Gasteiger partial charge in [-0.3, -0.25) is 0 Å². The average molecular weight is 243 g/mol. The molecule has 1 fully saturated rings. The number of anilines is 1. The number of hydrogen-bond acceptors (Lipinski definition) is 3. The van der Waals surface area contributed by atoms with Crippen molar-refractivity contribution in [1.82, 2.24) is 9.78 Å². The van der Waals surface area contributed by atoms with Gasteiger partial charge in [0.15, 0.2) is 0 Å². The molecule has 2 atom stereocenters. The van der Waals surface area contributed by atoms with E-state index >= 15 is 0 Å². The first kappa shape index (κ1) is 11.3. The molecule has 1 aromatic carbocycles. The zero-order chi connectivity index (χ0) is 12.4. The normalized spacial score (nSPS) is 23.2. The number of ether oxygens (including phenoxy) is 1. The Hall–Kier alpha value is -1.81. The highest BCUT2D eigenvalue weighted by molar-refractivity contribution is 5.61. The first-order valence-electron chi connectivity index (χ1n) is 6.32. The van der Waals surface area contributed by atoms with E-state index in [1.54, 1.807) is 6.20 Å². The lowest BCUT2D eigenvalue weighted by molar-refractivity contribution is 0.121. The standard InChI is InChI=1S/C14H17N3O/c1-11-12(7-10-18-11)16-13-5-2-3-6-14(13)17-9-4-8-15-17/h2-6,8-9,11-12,16H,7,10H2,1H3. The molecule has 0 bridgehead atoms. The Morgan fingerprint density at radius 2 is 2.22 bits per heavy atom. The number of aromatic nitrogens is 2. The van der Waals surface area contributed by atoms with E-state index < -0.39 is 0 Å². The minimum absolute atomic E-state index is 0.260. The third kappa shape index (κ3) is 2.11. The summed E-state index contributed by atoms with van der Waals surface area (Å²) in [6.45, 7) is 2.95. The van der Waals surface area contributed by atoms with Crippen molar-refractivity contribution >= 4 is 5.69 Å². The second-order valence-electron chi connectivity index (χ2n) is 4.58. The van der Waals surface area contributed by atoms with Gasteiger partial charge in [0.1, 0.15) is 0 Å². The molecule has 0 aliphatic carbocycles. The quantitative estimate of drug-likeness (QED) is 0.900. The Balaban J connectivity index is 1.88. The van der Waals surface area contributed by atoms with E-state index in [-0.39, 0.29) is 6.10 Å². The van der Waals surface area contributed by atoms with Crippen LogP contribution in [0.4, 0.5) is 5.69 Å². The fourth-order valence-corrected chi connectivity index (χ4v) is 2.33. The van der Waals surface area contributed by atoms with Crippen molar-refractivity contribution in [2.24, 2.45) is 0 Å². The van der Waals surface area contributed by atoms with Gasteiger partial charge in [-0.25, -0.2) is 4.68 Å². The van der Waals surface area contributed by atoms with Gasteiger partial charge in [-0.15, -0.1) is 0 Å². The maximum absolute atomic E-state index is 5.58. The monoisotopic (exact) mass is 243 g/mol. The topological polar surface area (TPSA) is 39.1 Å². The minimum atomic E-state index is 0.260. The number of rotatable bonds is 3. The maximum Gasteiger partial charge on any atom is 0.0876 e. The molecule has 3 rings (SSSR count). The van der Waals surface area contributed by atoms with Crippen LogP contribution in [0.3, 0.4) is 0 Å². The number of nitrogens with zero attached hydrogens (tertiary/aromatic N) is 2. The Bertz CT molecular complexity index is 510. The van der Waals surface area contributed by atoms with Crippen LogP contribution in [-0.2, 0) is 4.74 Å². The number of nitrogens with one attached hydrogen (secondary N) is 1. The van der Waals surface area contributed by atoms with E-state index in [1.807, 2.05) is 29.1 Å². The molecule has 1 aromatic heterocycles. The van der Waals surface area contributed by atoms with Crippen LogP contribution in [0.5, 0.6) is 0 Å². The summed E-state index contributed by atoms with van der Waals surface area (Å²) in [5, 5.41) is 7.85. The van der Waals surface area contributed by atoms with Gasteiger partial charge in [0.25, 0.3) is 0 Å². The van der Waals surface area contributed by atoms with Gasteiger partial charge in [-0.1, -0.05) is 12.1 Å². The van der Waals surface area contributed by atoms with Crippen LogP contribution in [0.25, 0.3) is 5.69 Å². The van der Waals surface area contributed by atoms with E-state index in [4.69, 9.17) is 4.74 Å². The Morgan fingerprint density at radius 1 is 1.33 bits per heavy atom. The number of para-hydroxylation sites is 2. The van der Waals surface area contributed by atoms with Crippen molar-refractivity contribution in [3.05, 3.63) is 42.7 Å². The fourth-order valence-electron chi connectivity index (χ4n) is 2.33. The summed E-state index contributed by atoms with van der Waals surface area (Å²) >= 11 is 0. The smallest absolute Gasteiger partial charge is 0.0876 e. The molecule has 2 aromatic rings. The highest BCUT2D eigenvalue weighted by atomic mass is 16.5. The molecule has 18 heavy (non-hydrogen) atoms. The summed E-state index contributed by atoms with van der Waals surface area (Å²) in [5.41, 5.74) is 2.17. The van der Waals surface area contributed by atoms with Crippen LogP contribution < -0.4 is 5.32 Å². The first-order chi connectivity index (χ1) is 8.84. The van der Waals surface area contributed by atoms with E-state index in [2.05, 4.69) is 29.5 Å². The maximum atomic E-state index is 5.58. The zero-order valence-electron chi connectivity index (χ0n) is 10.4. The predicted molar refractivity (Wildman–Crippen MR) is 71.0 cm³/mol. The number of benzene rings is 1. The van der Waals surface area contributed by atoms with Crippen molar-refractivity contribution in [3.8, 4) is 5.69 Å². The second kappa shape index (κ2) is 4.82. The van der Waals surface area contributed by atoms with E-state index in [1.165, 1.54) is 0 Å². The predicted octanol–water partition coefficient (Wildman–Crippen LogP) is 2.46. The molecule has 2 heterocycles. The summed E-state index contributed by atoms with van der Waals surface area (Å²) in [4.78, 5) is 0. The van der Waals surface area contributed by atoms with Crippen LogP contribution in [-0.4, -0.2) is 28.5 Å². The Morgan fingerprint density at radius 3 is 2.94 bits per heavy atom. The Kier molecular flexibility index (Phi) is 3.02. The van der Waals surface area contributed by atoms with Gasteiger partial charge in [-0.2, -0.15) is 5.10 Å². The molecule has 2 unspecified atom stereocenters. The molecule has 4 heteroatoms. The zero-order valence-corrected chi connectivity index (χ0v) is 10.4. The SMILES string of the molecule is CC1OCCC1Nc1ccccc1-n1cccn1. The second-order valence-corrected chi connectivity index (χ2v) is 4.58. The van der Waals surface area contributed by atoms with Crippen LogP contribution >= 0.6 is 0 Å². The lowest BCUT2D eigenvalue weighted by Gasteiger charge is -2.19. The molecule has 0 radical (unpaired) electrons. The Labute approximate surface area is 107 Å². The molecular weight excluding hydrogens is 226 g/mol. The summed E-state index contributed by atoms with van der Waals surface area (Å²) in [7, 11) is 0. The van der Waals surface area contributed by atoms with Gasteiger partial charge in [0, 0.05) is 19.0 Å². The lowest BCUT2D eigenvalue weighted by Crippen LogP contribution is -2.27. The van der Waals surface area contributed by atoms with Gasteiger partial charge in [-0.05, 0) is 31.5 Å². The van der Waals surface area contributed by atoms with Gasteiger partial charge in [0.05, 0.1) is 23.5 Å². The largest absolute Gasteiger partial charge is 0.378 e. The van der Waals surface area contributed by atoms with E-state index in [0.29, 0.717) is 6.04 Å². The van der Waals surface area contributed by atoms with Gasteiger partial charge >= 0.3 is 0 Å². The van der Waals surface area contributed by atoms with Gasteiger partial charge < -0.3 is 10.1 Å². The summed E-state index contributed by atoms with van der Waals surface area (Å²) < 4.78 is 7.46. The molecule has 94 valence electrons. The van der Waals surface area contributed by atoms with E-state index in [0.717, 1.165) is 24.4 Å². The summed E-state index contributed by atoms with van der Waals surface area (Å²) in [6.07, 6.45) is 5.05. The molecule has 0 amide bonds. The van der Waals surface area contributed by atoms with Gasteiger partial charge in [0.2, 0.25) is 0 Å².